The number of carbonyl (C=O) groups excluding carboxylic acids is 1. The molecule has 7 heteroatoms. The van der Waals surface area contributed by atoms with E-state index in [-0.39, 0.29) is 18.1 Å². The summed E-state index contributed by atoms with van der Waals surface area (Å²) in [6.07, 6.45) is 6.51. The number of rotatable bonds is 7. The second-order valence-electron chi connectivity index (χ2n) is 7.99. The number of nitrogens with one attached hydrogen (secondary N) is 1. The Bertz CT molecular complexity index is 789. The summed E-state index contributed by atoms with van der Waals surface area (Å²) in [6, 6.07) is 9.18. The van der Waals surface area contributed by atoms with Crippen LogP contribution in [0.25, 0.3) is 0 Å². The highest BCUT2D eigenvalue weighted by atomic mass is 16.5. The lowest BCUT2D eigenvalue weighted by Crippen LogP contribution is -2.40. The largest absolute Gasteiger partial charge is 0.391 e. The van der Waals surface area contributed by atoms with Gasteiger partial charge in [0.05, 0.1) is 24.9 Å². The Morgan fingerprint density at radius 3 is 2.86 bits per heavy atom. The molecule has 0 spiro atoms. The van der Waals surface area contributed by atoms with Crippen molar-refractivity contribution < 1.29 is 19.4 Å². The van der Waals surface area contributed by atoms with E-state index in [1.165, 1.54) is 0 Å². The van der Waals surface area contributed by atoms with Gasteiger partial charge in [0.15, 0.2) is 0 Å². The van der Waals surface area contributed by atoms with Crippen LogP contribution >= 0.6 is 0 Å². The Morgan fingerprint density at radius 2 is 2.07 bits per heavy atom. The molecule has 1 unspecified atom stereocenters. The molecule has 4 rings (SSSR count). The molecule has 0 bridgehead atoms. The molecule has 2 aromatic rings. The molecule has 2 N–H and O–H groups in total. The van der Waals surface area contributed by atoms with Crippen LogP contribution in [0.2, 0.25) is 0 Å². The average Bonchev–Trinajstić information content (AvgIpc) is 3.37. The highest BCUT2D eigenvalue weighted by Gasteiger charge is 2.34. The Hall–Kier alpha value is -2.22. The van der Waals surface area contributed by atoms with E-state index >= 15 is 0 Å². The molecule has 2 aliphatic rings. The van der Waals surface area contributed by atoms with Gasteiger partial charge in [0.2, 0.25) is 0 Å². The number of aliphatic hydroxyl groups excluding tert-OH is 1. The van der Waals surface area contributed by atoms with E-state index < -0.39 is 6.10 Å². The van der Waals surface area contributed by atoms with Gasteiger partial charge < -0.3 is 19.9 Å². The molecular formula is C22H29N3O4. The van der Waals surface area contributed by atoms with Crippen molar-refractivity contribution in [3.63, 3.8) is 0 Å². The topological polar surface area (TPSA) is 85.6 Å². The van der Waals surface area contributed by atoms with Gasteiger partial charge in [-0.25, -0.2) is 0 Å². The maximum absolute atomic E-state index is 12.9. The second-order valence-corrected chi connectivity index (χ2v) is 7.99. The zero-order valence-corrected chi connectivity index (χ0v) is 16.6. The van der Waals surface area contributed by atoms with Crippen molar-refractivity contribution in [3.8, 4) is 0 Å². The summed E-state index contributed by atoms with van der Waals surface area (Å²) in [5.41, 5.74) is 1.49. The number of hydrogen-bond donors (Lipinski definition) is 2. The van der Waals surface area contributed by atoms with Crippen LogP contribution in [-0.2, 0) is 22.6 Å². The smallest absolute Gasteiger partial charge is 0.251 e. The van der Waals surface area contributed by atoms with Crippen molar-refractivity contribution in [1.82, 2.24) is 15.1 Å². The third kappa shape index (κ3) is 5.23. The summed E-state index contributed by atoms with van der Waals surface area (Å²) in [6.45, 7) is 2.62. The lowest BCUT2D eigenvalue weighted by molar-refractivity contribution is -0.0392. The Labute approximate surface area is 171 Å². The summed E-state index contributed by atoms with van der Waals surface area (Å²) < 4.78 is 13.3. The molecule has 1 aromatic heterocycles. The van der Waals surface area contributed by atoms with Gasteiger partial charge in [-0.2, -0.15) is 5.10 Å². The van der Waals surface area contributed by atoms with Crippen LogP contribution in [0, 0.1) is 5.92 Å². The lowest BCUT2D eigenvalue weighted by atomic mass is 10.1. The summed E-state index contributed by atoms with van der Waals surface area (Å²) in [4.78, 5) is 12.9. The van der Waals surface area contributed by atoms with E-state index in [2.05, 4.69) is 10.4 Å². The first-order valence-corrected chi connectivity index (χ1v) is 10.4. The minimum absolute atomic E-state index is 0.153. The highest BCUT2D eigenvalue weighted by molar-refractivity contribution is 5.95. The second kappa shape index (κ2) is 9.52. The summed E-state index contributed by atoms with van der Waals surface area (Å²) in [5.74, 6) is 0.141. The van der Waals surface area contributed by atoms with E-state index in [1.807, 2.05) is 41.2 Å². The number of ether oxygens (including phenoxy) is 2. The molecule has 0 radical (unpaired) electrons. The van der Waals surface area contributed by atoms with E-state index in [4.69, 9.17) is 9.47 Å². The molecular weight excluding hydrogens is 370 g/mol. The quantitative estimate of drug-likeness (QED) is 0.745. The minimum atomic E-state index is -0.537. The van der Waals surface area contributed by atoms with Crippen LogP contribution in [0.4, 0.5) is 0 Å². The first kappa shape index (κ1) is 20.1. The molecule has 7 nitrogen and oxygen atoms in total. The molecule has 29 heavy (non-hydrogen) atoms. The fourth-order valence-corrected chi connectivity index (χ4v) is 4.26. The normalized spacial score (nSPS) is 25.2. The third-order valence-corrected chi connectivity index (χ3v) is 5.85. The van der Waals surface area contributed by atoms with Crippen molar-refractivity contribution in [3.05, 3.63) is 53.9 Å². The van der Waals surface area contributed by atoms with Gasteiger partial charge in [-0.3, -0.25) is 9.48 Å². The lowest BCUT2D eigenvalue weighted by Gasteiger charge is -2.23. The molecule has 1 aliphatic carbocycles. The maximum Gasteiger partial charge on any atom is 0.251 e. The molecule has 1 aromatic carbocycles. The number of hydrogen-bond acceptors (Lipinski definition) is 5. The molecule has 1 saturated heterocycles. The zero-order valence-electron chi connectivity index (χ0n) is 16.6. The number of aliphatic hydroxyl groups is 1. The van der Waals surface area contributed by atoms with Gasteiger partial charge >= 0.3 is 0 Å². The van der Waals surface area contributed by atoms with Crippen molar-refractivity contribution in [2.24, 2.45) is 5.92 Å². The third-order valence-electron chi connectivity index (χ3n) is 5.85. The SMILES string of the molecule is O=C(N[C@@H]1CC(Cn2cccn2)C[C@H]1O)c1ccccc1COC1CCOCC1. The predicted octanol–water partition coefficient (Wildman–Crippen LogP) is 2.15. The standard InChI is InChI=1S/C22H29N3O4/c26-21-13-16(14-25-9-3-8-23-25)12-20(21)24-22(27)19-5-2-1-4-17(19)15-29-18-6-10-28-11-7-18/h1-5,8-9,16,18,20-21,26H,6-7,10-15H2,(H,24,27)/t16?,20-,21-/m1/s1. The Kier molecular flexibility index (Phi) is 6.59. The van der Waals surface area contributed by atoms with Crippen molar-refractivity contribution in [2.75, 3.05) is 13.2 Å². The fraction of sp³-hybridized carbons (Fsp3) is 0.545. The van der Waals surface area contributed by atoms with Gasteiger partial charge in [-0.05, 0) is 49.3 Å². The molecule has 1 amide bonds. The first-order chi connectivity index (χ1) is 14.2. The number of amides is 1. The van der Waals surface area contributed by atoms with Crippen LogP contribution < -0.4 is 5.32 Å². The Morgan fingerprint density at radius 1 is 1.24 bits per heavy atom. The van der Waals surface area contributed by atoms with Gasteiger partial charge in [0.1, 0.15) is 0 Å². The van der Waals surface area contributed by atoms with Crippen molar-refractivity contribution >= 4 is 5.91 Å². The summed E-state index contributed by atoms with van der Waals surface area (Å²) >= 11 is 0. The van der Waals surface area contributed by atoms with Gasteiger partial charge in [-0.15, -0.1) is 0 Å². The molecule has 156 valence electrons. The Balaban J connectivity index is 1.34. The number of benzene rings is 1. The van der Waals surface area contributed by atoms with Crippen molar-refractivity contribution in [2.45, 2.75) is 57.1 Å². The minimum Gasteiger partial charge on any atom is -0.391 e. The molecule has 2 fully saturated rings. The van der Waals surface area contributed by atoms with Crippen LogP contribution in [0.15, 0.2) is 42.7 Å². The van der Waals surface area contributed by atoms with E-state index in [9.17, 15) is 9.90 Å². The van der Waals surface area contributed by atoms with Crippen LogP contribution in [0.1, 0.15) is 41.6 Å². The average molecular weight is 399 g/mol. The zero-order chi connectivity index (χ0) is 20.1. The molecule has 3 atom stereocenters. The predicted molar refractivity (Wildman–Crippen MR) is 107 cm³/mol. The maximum atomic E-state index is 12.9. The molecule has 1 saturated carbocycles. The van der Waals surface area contributed by atoms with Crippen molar-refractivity contribution in [1.29, 1.82) is 0 Å². The van der Waals surface area contributed by atoms with Gasteiger partial charge in [-0.1, -0.05) is 18.2 Å². The van der Waals surface area contributed by atoms with Crippen LogP contribution in [-0.4, -0.2) is 52.3 Å². The van der Waals surface area contributed by atoms with Gasteiger partial charge in [0, 0.05) is 37.7 Å². The van der Waals surface area contributed by atoms with E-state index in [0.29, 0.717) is 24.5 Å². The number of nitrogens with zero attached hydrogens (tertiary/aromatic N) is 2. The summed E-state index contributed by atoms with van der Waals surface area (Å²) in [7, 11) is 0. The highest BCUT2D eigenvalue weighted by Crippen LogP contribution is 2.28. The number of aromatic nitrogens is 2. The van der Waals surface area contributed by atoms with E-state index in [0.717, 1.165) is 44.6 Å². The first-order valence-electron chi connectivity index (χ1n) is 10.4. The molecule has 1 aliphatic heterocycles. The van der Waals surface area contributed by atoms with Crippen LogP contribution in [0.3, 0.4) is 0 Å². The van der Waals surface area contributed by atoms with Crippen LogP contribution in [0.5, 0.6) is 0 Å². The molecule has 2 heterocycles. The number of carbonyl (C=O) groups is 1. The van der Waals surface area contributed by atoms with E-state index in [1.54, 1.807) is 6.20 Å². The summed E-state index contributed by atoms with van der Waals surface area (Å²) in [5, 5.41) is 17.7. The van der Waals surface area contributed by atoms with Gasteiger partial charge in [0.25, 0.3) is 5.91 Å². The monoisotopic (exact) mass is 399 g/mol. The fourth-order valence-electron chi connectivity index (χ4n) is 4.26.